The number of methoxy groups -OCH3 is 2. The molecule has 0 fully saturated rings. The molecule has 1 rings (SSSR count). The highest BCUT2D eigenvalue weighted by Crippen LogP contribution is 2.33. The molecule has 0 aliphatic heterocycles. The molecule has 1 aromatic rings. The van der Waals surface area contributed by atoms with Gasteiger partial charge in [-0.15, -0.1) is 0 Å². The third-order valence-corrected chi connectivity index (χ3v) is 2.39. The molecule has 1 amide bonds. The first kappa shape index (κ1) is 15.8. The number of hydrogen-bond donors (Lipinski definition) is 1. The molecule has 5 nitrogen and oxygen atoms in total. The number of halogens is 3. The number of amides is 1. The lowest BCUT2D eigenvalue weighted by Gasteiger charge is -2.15. The van der Waals surface area contributed by atoms with Crippen LogP contribution in [0.3, 0.4) is 0 Å². The van der Waals surface area contributed by atoms with Crippen molar-refractivity contribution in [1.82, 2.24) is 0 Å². The molecule has 0 aliphatic rings. The van der Waals surface area contributed by atoms with Crippen LogP contribution in [0.5, 0.6) is 11.5 Å². The SMILES string of the molecule is COc1cc(NC(=O)C(F)(F)F)c(C(C)=O)c(OC)c1. The van der Waals surface area contributed by atoms with Crippen LogP contribution in [0.1, 0.15) is 17.3 Å². The van der Waals surface area contributed by atoms with Crippen molar-refractivity contribution in [3.8, 4) is 11.5 Å². The quantitative estimate of drug-likeness (QED) is 0.865. The molecule has 0 saturated heterocycles. The van der Waals surface area contributed by atoms with Crippen molar-refractivity contribution in [2.45, 2.75) is 13.1 Å². The fraction of sp³-hybridized carbons (Fsp3) is 0.333. The second kappa shape index (κ2) is 5.81. The predicted molar refractivity (Wildman–Crippen MR) is 64.2 cm³/mol. The van der Waals surface area contributed by atoms with Gasteiger partial charge >= 0.3 is 12.1 Å². The molecule has 0 bridgehead atoms. The third kappa shape index (κ3) is 3.40. The molecule has 0 unspecified atom stereocenters. The Balaban J connectivity index is 3.35. The Hall–Kier alpha value is -2.25. The van der Waals surface area contributed by atoms with E-state index in [9.17, 15) is 22.8 Å². The van der Waals surface area contributed by atoms with Crippen LogP contribution in [0.4, 0.5) is 18.9 Å². The number of carbonyl (C=O) groups excluding carboxylic acids is 2. The molecule has 0 spiro atoms. The molecule has 20 heavy (non-hydrogen) atoms. The second-order valence-electron chi connectivity index (χ2n) is 3.76. The molecular weight excluding hydrogens is 279 g/mol. The van der Waals surface area contributed by atoms with Gasteiger partial charge in [-0.3, -0.25) is 9.59 Å². The zero-order valence-corrected chi connectivity index (χ0v) is 10.9. The molecule has 0 aromatic heterocycles. The Kier molecular flexibility index (Phi) is 4.59. The highest BCUT2D eigenvalue weighted by molar-refractivity contribution is 6.07. The van der Waals surface area contributed by atoms with Crippen molar-refractivity contribution in [3.63, 3.8) is 0 Å². The van der Waals surface area contributed by atoms with Gasteiger partial charge in [0.15, 0.2) is 5.78 Å². The molecule has 0 heterocycles. The minimum absolute atomic E-state index is 0.00863. The van der Waals surface area contributed by atoms with Crippen molar-refractivity contribution in [1.29, 1.82) is 0 Å². The van der Waals surface area contributed by atoms with Gasteiger partial charge in [0.2, 0.25) is 0 Å². The second-order valence-corrected chi connectivity index (χ2v) is 3.76. The molecular formula is C12H12F3NO4. The van der Waals surface area contributed by atoms with Gasteiger partial charge in [0.25, 0.3) is 0 Å². The van der Waals surface area contributed by atoms with E-state index in [4.69, 9.17) is 9.47 Å². The van der Waals surface area contributed by atoms with Crippen LogP contribution in [-0.2, 0) is 4.79 Å². The maximum Gasteiger partial charge on any atom is 0.471 e. The number of hydrogen-bond acceptors (Lipinski definition) is 4. The fourth-order valence-corrected chi connectivity index (χ4v) is 1.52. The van der Waals surface area contributed by atoms with Crippen molar-refractivity contribution in [2.24, 2.45) is 0 Å². The van der Waals surface area contributed by atoms with Crippen LogP contribution in [0.25, 0.3) is 0 Å². The number of rotatable bonds is 4. The number of benzene rings is 1. The fourth-order valence-electron chi connectivity index (χ4n) is 1.52. The first-order valence-corrected chi connectivity index (χ1v) is 5.35. The van der Waals surface area contributed by atoms with Crippen LogP contribution in [0.15, 0.2) is 12.1 Å². The van der Waals surface area contributed by atoms with Gasteiger partial charge in [0, 0.05) is 12.1 Å². The predicted octanol–water partition coefficient (Wildman–Crippen LogP) is 2.41. The van der Waals surface area contributed by atoms with E-state index in [0.717, 1.165) is 13.0 Å². The minimum Gasteiger partial charge on any atom is -0.497 e. The Morgan fingerprint density at radius 3 is 2.15 bits per heavy atom. The Morgan fingerprint density at radius 2 is 1.75 bits per heavy atom. The van der Waals surface area contributed by atoms with Crippen LogP contribution < -0.4 is 14.8 Å². The lowest BCUT2D eigenvalue weighted by molar-refractivity contribution is -0.167. The van der Waals surface area contributed by atoms with E-state index in [-0.39, 0.29) is 22.7 Å². The van der Waals surface area contributed by atoms with Crippen LogP contribution >= 0.6 is 0 Å². The summed E-state index contributed by atoms with van der Waals surface area (Å²) in [5, 5.41) is 1.64. The van der Waals surface area contributed by atoms with Crippen molar-refractivity contribution in [3.05, 3.63) is 17.7 Å². The number of alkyl halides is 3. The first-order valence-electron chi connectivity index (χ1n) is 5.35. The number of anilines is 1. The summed E-state index contributed by atoms with van der Waals surface area (Å²) in [5.41, 5.74) is -0.484. The highest BCUT2D eigenvalue weighted by atomic mass is 19.4. The van der Waals surface area contributed by atoms with Crippen LogP contribution in [-0.4, -0.2) is 32.1 Å². The van der Waals surface area contributed by atoms with Gasteiger partial charge < -0.3 is 14.8 Å². The summed E-state index contributed by atoms with van der Waals surface area (Å²) in [4.78, 5) is 22.5. The van der Waals surface area contributed by atoms with E-state index in [1.165, 1.54) is 20.3 Å². The normalized spacial score (nSPS) is 10.9. The molecule has 110 valence electrons. The molecule has 1 aromatic carbocycles. The Morgan fingerprint density at radius 1 is 1.15 bits per heavy atom. The van der Waals surface area contributed by atoms with Crippen molar-refractivity contribution < 1.29 is 32.2 Å². The van der Waals surface area contributed by atoms with E-state index in [1.807, 2.05) is 0 Å². The Bertz CT molecular complexity index is 540. The maximum absolute atomic E-state index is 12.3. The third-order valence-electron chi connectivity index (χ3n) is 2.39. The largest absolute Gasteiger partial charge is 0.497 e. The topological polar surface area (TPSA) is 64.6 Å². The lowest BCUT2D eigenvalue weighted by atomic mass is 10.1. The van der Waals surface area contributed by atoms with E-state index < -0.39 is 17.9 Å². The van der Waals surface area contributed by atoms with E-state index in [1.54, 1.807) is 5.32 Å². The minimum atomic E-state index is -5.07. The smallest absolute Gasteiger partial charge is 0.471 e. The van der Waals surface area contributed by atoms with Crippen LogP contribution in [0, 0.1) is 0 Å². The molecule has 0 atom stereocenters. The van der Waals surface area contributed by atoms with Crippen molar-refractivity contribution in [2.75, 3.05) is 19.5 Å². The van der Waals surface area contributed by atoms with E-state index in [2.05, 4.69) is 0 Å². The van der Waals surface area contributed by atoms with Gasteiger partial charge in [-0.25, -0.2) is 0 Å². The summed E-state index contributed by atoms with van der Waals surface area (Å²) in [7, 11) is 2.54. The average molecular weight is 291 g/mol. The van der Waals surface area contributed by atoms with E-state index >= 15 is 0 Å². The van der Waals surface area contributed by atoms with Gasteiger partial charge in [-0.05, 0) is 6.92 Å². The number of nitrogens with one attached hydrogen (secondary N) is 1. The molecule has 0 saturated carbocycles. The number of ketones is 1. The van der Waals surface area contributed by atoms with Gasteiger partial charge in [0.05, 0.1) is 25.5 Å². The average Bonchev–Trinajstić information content (AvgIpc) is 2.35. The Labute approximate surface area is 112 Å². The van der Waals surface area contributed by atoms with E-state index in [0.29, 0.717) is 0 Å². The van der Waals surface area contributed by atoms with Crippen LogP contribution in [0.2, 0.25) is 0 Å². The molecule has 1 N–H and O–H groups in total. The summed E-state index contributed by atoms with van der Waals surface area (Å²) in [6.45, 7) is 1.15. The number of carbonyl (C=O) groups is 2. The summed E-state index contributed by atoms with van der Waals surface area (Å²) >= 11 is 0. The number of Topliss-reactive ketones (excluding diaryl/α,β-unsaturated/α-hetero) is 1. The zero-order chi connectivity index (χ0) is 15.5. The first-order chi connectivity index (χ1) is 9.20. The lowest BCUT2D eigenvalue weighted by Crippen LogP contribution is -2.30. The monoisotopic (exact) mass is 291 g/mol. The molecule has 0 radical (unpaired) electrons. The summed E-state index contributed by atoms with van der Waals surface area (Å²) < 4.78 is 46.6. The zero-order valence-electron chi connectivity index (χ0n) is 10.9. The van der Waals surface area contributed by atoms with Gasteiger partial charge in [0.1, 0.15) is 11.5 Å². The molecule has 8 heteroatoms. The highest BCUT2D eigenvalue weighted by Gasteiger charge is 2.39. The maximum atomic E-state index is 12.3. The van der Waals surface area contributed by atoms with Gasteiger partial charge in [-0.1, -0.05) is 0 Å². The molecule has 0 aliphatic carbocycles. The number of ether oxygens (including phenoxy) is 2. The van der Waals surface area contributed by atoms with Crippen molar-refractivity contribution >= 4 is 17.4 Å². The summed E-state index contributed by atoms with van der Waals surface area (Å²) in [6, 6.07) is 2.45. The summed E-state index contributed by atoms with van der Waals surface area (Å²) in [5.74, 6) is -2.59. The summed E-state index contributed by atoms with van der Waals surface area (Å²) in [6.07, 6.45) is -5.07. The van der Waals surface area contributed by atoms with Gasteiger partial charge in [-0.2, -0.15) is 13.2 Å². The standard InChI is InChI=1S/C12H12F3NO4/c1-6(17)10-8(16-11(18)12(13,14)15)4-7(19-2)5-9(10)20-3/h4-5H,1-3H3,(H,16,18).